The molecule has 2 aromatic rings. The molecular formula is C14H12O2S. The van der Waals surface area contributed by atoms with E-state index >= 15 is 0 Å². The van der Waals surface area contributed by atoms with Crippen LogP contribution in [0.3, 0.4) is 0 Å². The van der Waals surface area contributed by atoms with Gasteiger partial charge < -0.3 is 4.74 Å². The lowest BCUT2D eigenvalue weighted by molar-refractivity contribution is 0.0972. The molecule has 0 aliphatic heterocycles. The zero-order valence-electron chi connectivity index (χ0n) is 9.31. The van der Waals surface area contributed by atoms with Crippen molar-refractivity contribution in [2.24, 2.45) is 0 Å². The third kappa shape index (κ3) is 2.11. The molecule has 0 amide bonds. The molecule has 1 heterocycles. The van der Waals surface area contributed by atoms with Gasteiger partial charge in [0.1, 0.15) is 5.75 Å². The molecule has 0 saturated heterocycles. The highest BCUT2D eigenvalue weighted by atomic mass is 32.1. The number of thiophene rings is 1. The number of fused-ring (bicyclic) bond motifs is 1. The third-order valence-corrected chi connectivity index (χ3v) is 3.69. The van der Waals surface area contributed by atoms with Gasteiger partial charge in [-0.3, -0.25) is 4.79 Å². The maximum atomic E-state index is 11.8. The molecular weight excluding hydrogens is 232 g/mol. The number of hydrogen-bond donors (Lipinski definition) is 0. The van der Waals surface area contributed by atoms with E-state index in [9.17, 15) is 4.79 Å². The van der Waals surface area contributed by atoms with Crippen LogP contribution in [-0.4, -0.2) is 5.78 Å². The van der Waals surface area contributed by atoms with Gasteiger partial charge in [-0.1, -0.05) is 6.07 Å². The summed E-state index contributed by atoms with van der Waals surface area (Å²) in [5.74, 6) is 0.990. The summed E-state index contributed by atoms with van der Waals surface area (Å²) in [6, 6.07) is 9.69. The van der Waals surface area contributed by atoms with Gasteiger partial charge in [-0.15, -0.1) is 11.3 Å². The molecule has 0 N–H and O–H groups in total. The first-order valence-electron chi connectivity index (χ1n) is 5.70. The van der Waals surface area contributed by atoms with E-state index in [1.165, 1.54) is 0 Å². The first-order chi connectivity index (χ1) is 8.33. The van der Waals surface area contributed by atoms with E-state index in [4.69, 9.17) is 4.74 Å². The van der Waals surface area contributed by atoms with Crippen molar-refractivity contribution < 1.29 is 9.53 Å². The third-order valence-electron chi connectivity index (χ3n) is 2.95. The van der Waals surface area contributed by atoms with Crippen molar-refractivity contribution in [2.45, 2.75) is 19.3 Å². The Morgan fingerprint density at radius 1 is 1.18 bits per heavy atom. The summed E-state index contributed by atoms with van der Waals surface area (Å²) in [5.41, 5.74) is 1.99. The van der Waals surface area contributed by atoms with Crippen LogP contribution in [0, 0.1) is 0 Å². The molecule has 3 rings (SSSR count). The van der Waals surface area contributed by atoms with Crippen LogP contribution < -0.4 is 4.74 Å². The quantitative estimate of drug-likeness (QED) is 0.796. The number of hydrogen-bond acceptors (Lipinski definition) is 3. The van der Waals surface area contributed by atoms with Gasteiger partial charge in [0.05, 0.1) is 0 Å². The first-order valence-corrected chi connectivity index (χ1v) is 6.58. The van der Waals surface area contributed by atoms with E-state index in [2.05, 4.69) is 0 Å². The Morgan fingerprint density at radius 3 is 2.94 bits per heavy atom. The van der Waals surface area contributed by atoms with Crippen LogP contribution in [0.1, 0.15) is 28.8 Å². The fraction of sp³-hybridized carbons (Fsp3) is 0.214. The van der Waals surface area contributed by atoms with Crippen LogP contribution >= 0.6 is 11.3 Å². The standard InChI is InChI=1S/C14H12O2S/c15-13-4-1-3-10-6-7-11(9-12(10)13)16-14-5-2-8-17-14/h2,5-9H,1,3-4H2. The predicted octanol–water partition coefficient (Wildman–Crippen LogP) is 4.06. The summed E-state index contributed by atoms with van der Waals surface area (Å²) in [6.45, 7) is 0. The van der Waals surface area contributed by atoms with Crippen molar-refractivity contribution in [3.8, 4) is 10.8 Å². The molecule has 0 bridgehead atoms. The molecule has 3 heteroatoms. The van der Waals surface area contributed by atoms with Gasteiger partial charge in [0.15, 0.2) is 10.8 Å². The Balaban J connectivity index is 1.92. The SMILES string of the molecule is O=C1CCCc2ccc(Oc3cccs3)cc21. The van der Waals surface area contributed by atoms with E-state index in [1.807, 2.05) is 35.7 Å². The fourth-order valence-electron chi connectivity index (χ4n) is 2.11. The minimum atomic E-state index is 0.239. The number of Topliss-reactive ketones (excluding diaryl/α,β-unsaturated/α-hetero) is 1. The number of carbonyl (C=O) groups is 1. The van der Waals surface area contributed by atoms with Gasteiger partial charge in [-0.05, 0) is 48.1 Å². The fourth-order valence-corrected chi connectivity index (χ4v) is 2.70. The van der Waals surface area contributed by atoms with E-state index in [0.29, 0.717) is 6.42 Å². The van der Waals surface area contributed by atoms with Gasteiger partial charge in [0.2, 0.25) is 0 Å². The summed E-state index contributed by atoms with van der Waals surface area (Å²) < 4.78 is 5.70. The highest BCUT2D eigenvalue weighted by Crippen LogP contribution is 2.30. The second-order valence-corrected chi connectivity index (χ2v) is 5.04. The highest BCUT2D eigenvalue weighted by Gasteiger charge is 2.17. The highest BCUT2D eigenvalue weighted by molar-refractivity contribution is 7.11. The van der Waals surface area contributed by atoms with Gasteiger partial charge in [-0.25, -0.2) is 0 Å². The maximum Gasteiger partial charge on any atom is 0.180 e. The molecule has 1 aliphatic rings. The Kier molecular flexibility index (Phi) is 2.69. The van der Waals surface area contributed by atoms with Crippen molar-refractivity contribution in [1.29, 1.82) is 0 Å². The number of carbonyl (C=O) groups excluding carboxylic acids is 1. The van der Waals surface area contributed by atoms with Crippen LogP contribution in [0.15, 0.2) is 35.7 Å². The Labute approximate surface area is 104 Å². The van der Waals surface area contributed by atoms with Gasteiger partial charge >= 0.3 is 0 Å². The van der Waals surface area contributed by atoms with Crippen molar-refractivity contribution >= 4 is 17.1 Å². The lowest BCUT2D eigenvalue weighted by Crippen LogP contribution is -2.10. The molecule has 1 aliphatic carbocycles. The molecule has 0 fully saturated rings. The molecule has 86 valence electrons. The number of benzene rings is 1. The number of aryl methyl sites for hydroxylation is 1. The maximum absolute atomic E-state index is 11.8. The summed E-state index contributed by atoms with van der Waals surface area (Å²) in [4.78, 5) is 11.8. The smallest absolute Gasteiger partial charge is 0.180 e. The van der Waals surface area contributed by atoms with Gasteiger partial charge in [0, 0.05) is 12.0 Å². The van der Waals surface area contributed by atoms with E-state index in [-0.39, 0.29) is 5.78 Å². The molecule has 2 nitrogen and oxygen atoms in total. The number of rotatable bonds is 2. The molecule has 17 heavy (non-hydrogen) atoms. The molecule has 0 atom stereocenters. The van der Waals surface area contributed by atoms with Crippen LogP contribution in [0.25, 0.3) is 0 Å². The lowest BCUT2D eigenvalue weighted by atomic mass is 9.91. The normalized spacial score (nSPS) is 14.5. The number of ether oxygens (including phenoxy) is 1. The largest absolute Gasteiger partial charge is 0.447 e. The zero-order valence-corrected chi connectivity index (χ0v) is 10.1. The van der Waals surface area contributed by atoms with Gasteiger partial charge in [0.25, 0.3) is 0 Å². The molecule has 0 radical (unpaired) electrons. The summed E-state index contributed by atoms with van der Waals surface area (Å²) in [5, 5.41) is 2.83. The first kappa shape index (κ1) is 10.5. The minimum Gasteiger partial charge on any atom is -0.447 e. The Bertz CT molecular complexity index is 543. The van der Waals surface area contributed by atoms with Crippen LogP contribution in [-0.2, 0) is 6.42 Å². The van der Waals surface area contributed by atoms with E-state index in [0.717, 1.165) is 34.8 Å². The zero-order chi connectivity index (χ0) is 11.7. The molecule has 0 spiro atoms. The van der Waals surface area contributed by atoms with Gasteiger partial charge in [-0.2, -0.15) is 0 Å². The minimum absolute atomic E-state index is 0.239. The second kappa shape index (κ2) is 4.34. The van der Waals surface area contributed by atoms with E-state index in [1.54, 1.807) is 11.3 Å². The Hall–Kier alpha value is -1.61. The second-order valence-electron chi connectivity index (χ2n) is 4.13. The van der Waals surface area contributed by atoms with Crippen LogP contribution in [0.2, 0.25) is 0 Å². The summed E-state index contributed by atoms with van der Waals surface area (Å²) >= 11 is 1.55. The molecule has 0 saturated carbocycles. The average Bonchev–Trinajstić information content (AvgIpc) is 2.83. The lowest BCUT2D eigenvalue weighted by Gasteiger charge is -2.15. The monoisotopic (exact) mass is 244 g/mol. The Morgan fingerprint density at radius 2 is 2.12 bits per heavy atom. The topological polar surface area (TPSA) is 26.3 Å². The average molecular weight is 244 g/mol. The number of ketones is 1. The van der Waals surface area contributed by atoms with Crippen molar-refractivity contribution in [1.82, 2.24) is 0 Å². The molecule has 1 aromatic carbocycles. The van der Waals surface area contributed by atoms with E-state index < -0.39 is 0 Å². The predicted molar refractivity (Wildman–Crippen MR) is 68.1 cm³/mol. The van der Waals surface area contributed by atoms with Crippen molar-refractivity contribution in [2.75, 3.05) is 0 Å². The van der Waals surface area contributed by atoms with Crippen LogP contribution in [0.4, 0.5) is 0 Å². The molecule has 1 aromatic heterocycles. The summed E-state index contributed by atoms with van der Waals surface area (Å²) in [6.07, 6.45) is 2.63. The van der Waals surface area contributed by atoms with Crippen molar-refractivity contribution in [3.05, 3.63) is 46.8 Å². The molecule has 0 unspecified atom stereocenters. The van der Waals surface area contributed by atoms with Crippen molar-refractivity contribution in [3.63, 3.8) is 0 Å². The van der Waals surface area contributed by atoms with Crippen LogP contribution in [0.5, 0.6) is 10.8 Å². The summed E-state index contributed by atoms with van der Waals surface area (Å²) in [7, 11) is 0.